The van der Waals surface area contributed by atoms with Crippen molar-refractivity contribution >= 4 is 5.69 Å². The Bertz CT molecular complexity index is 445. The molecule has 3 N–H and O–H groups in total. The van der Waals surface area contributed by atoms with E-state index in [2.05, 4.69) is 0 Å². The second kappa shape index (κ2) is 7.66. The molecule has 0 spiro atoms. The molecule has 0 aliphatic rings. The van der Waals surface area contributed by atoms with Crippen LogP contribution in [0.15, 0.2) is 18.2 Å². The Balaban J connectivity index is 3.21. The number of aliphatic hydroxyl groups is 1. The molecule has 1 aromatic rings. The lowest BCUT2D eigenvalue weighted by atomic mass is 10.0. The van der Waals surface area contributed by atoms with Crippen molar-refractivity contribution in [3.8, 4) is 0 Å². The lowest BCUT2D eigenvalue weighted by molar-refractivity contribution is -0.138. The Hall–Kier alpha value is -1.27. The Morgan fingerprint density at radius 1 is 1.24 bits per heavy atom. The van der Waals surface area contributed by atoms with Gasteiger partial charge in [-0.25, -0.2) is 0 Å². The van der Waals surface area contributed by atoms with Gasteiger partial charge in [0, 0.05) is 24.8 Å². The van der Waals surface area contributed by atoms with Crippen molar-refractivity contribution in [3.63, 3.8) is 0 Å². The molecule has 0 saturated carbocycles. The van der Waals surface area contributed by atoms with E-state index in [0.717, 1.165) is 18.9 Å². The third kappa shape index (κ3) is 4.35. The average Bonchev–Trinajstić information content (AvgIpc) is 2.46. The van der Waals surface area contributed by atoms with E-state index in [9.17, 15) is 18.3 Å². The quantitative estimate of drug-likeness (QED) is 0.813. The van der Waals surface area contributed by atoms with E-state index >= 15 is 0 Å². The predicted octanol–water partition coefficient (Wildman–Crippen LogP) is 3.15. The summed E-state index contributed by atoms with van der Waals surface area (Å²) < 4.78 is 38.7. The van der Waals surface area contributed by atoms with Crippen LogP contribution in [0.5, 0.6) is 0 Å². The zero-order chi connectivity index (χ0) is 16.0. The van der Waals surface area contributed by atoms with Crippen molar-refractivity contribution in [1.29, 1.82) is 0 Å². The molecule has 0 atom stereocenters. The fourth-order valence-electron chi connectivity index (χ4n) is 2.56. The van der Waals surface area contributed by atoms with Crippen LogP contribution in [-0.2, 0) is 12.7 Å². The average molecular weight is 304 g/mol. The first-order chi connectivity index (χ1) is 9.88. The van der Waals surface area contributed by atoms with Gasteiger partial charge in [0.15, 0.2) is 0 Å². The van der Waals surface area contributed by atoms with Crippen molar-refractivity contribution in [2.45, 2.75) is 45.5 Å². The zero-order valence-corrected chi connectivity index (χ0v) is 12.5. The second-order valence-corrected chi connectivity index (χ2v) is 4.93. The number of hydrogen-bond donors (Lipinski definition) is 2. The van der Waals surface area contributed by atoms with E-state index < -0.39 is 11.7 Å². The normalized spacial score (nSPS) is 12.0. The predicted molar refractivity (Wildman–Crippen MR) is 78.1 cm³/mol. The first-order valence-corrected chi connectivity index (χ1v) is 7.16. The van der Waals surface area contributed by atoms with Gasteiger partial charge in [0.05, 0.1) is 12.2 Å². The van der Waals surface area contributed by atoms with Crippen LogP contribution >= 0.6 is 0 Å². The molecule has 21 heavy (non-hydrogen) atoms. The van der Waals surface area contributed by atoms with Crippen molar-refractivity contribution in [2.75, 3.05) is 18.1 Å². The number of nitrogens with two attached hydrogens (primary N) is 1. The van der Waals surface area contributed by atoms with Crippen LogP contribution in [0.25, 0.3) is 0 Å². The Kier molecular flexibility index (Phi) is 6.48. The highest BCUT2D eigenvalue weighted by Gasteiger charge is 2.33. The minimum atomic E-state index is -4.40. The SMILES string of the molecule is CCC(CC)N(CCO)c1ccc(C(F)(F)F)c(CN)c1. The van der Waals surface area contributed by atoms with E-state index in [1.165, 1.54) is 12.1 Å². The molecule has 0 unspecified atom stereocenters. The fraction of sp³-hybridized carbons (Fsp3) is 0.600. The summed E-state index contributed by atoms with van der Waals surface area (Å²) in [4.78, 5) is 1.94. The maximum Gasteiger partial charge on any atom is 0.416 e. The summed E-state index contributed by atoms with van der Waals surface area (Å²) in [5.41, 5.74) is 5.52. The molecule has 1 rings (SSSR count). The van der Waals surface area contributed by atoms with Gasteiger partial charge < -0.3 is 15.7 Å². The van der Waals surface area contributed by atoms with Crippen molar-refractivity contribution in [1.82, 2.24) is 0 Å². The summed E-state index contributed by atoms with van der Waals surface area (Å²) >= 11 is 0. The molecular formula is C15H23F3N2O. The maximum absolute atomic E-state index is 12.9. The van der Waals surface area contributed by atoms with Crippen LogP contribution in [0.1, 0.15) is 37.8 Å². The maximum atomic E-state index is 12.9. The lowest BCUT2D eigenvalue weighted by Crippen LogP contribution is -2.37. The summed E-state index contributed by atoms with van der Waals surface area (Å²) in [6.45, 7) is 4.22. The van der Waals surface area contributed by atoms with Crippen LogP contribution in [0.4, 0.5) is 18.9 Å². The molecule has 0 fully saturated rings. The summed E-state index contributed by atoms with van der Waals surface area (Å²) in [5.74, 6) is 0. The van der Waals surface area contributed by atoms with Gasteiger partial charge in [0.1, 0.15) is 0 Å². The van der Waals surface area contributed by atoms with Gasteiger partial charge >= 0.3 is 6.18 Å². The number of benzene rings is 1. The second-order valence-electron chi connectivity index (χ2n) is 4.93. The van der Waals surface area contributed by atoms with Gasteiger partial charge in [-0.15, -0.1) is 0 Å². The molecule has 0 aliphatic carbocycles. The number of hydrogen-bond acceptors (Lipinski definition) is 3. The molecule has 120 valence electrons. The molecule has 0 heterocycles. The largest absolute Gasteiger partial charge is 0.416 e. The number of alkyl halides is 3. The number of nitrogens with zero attached hydrogens (tertiary/aromatic N) is 1. The van der Waals surface area contributed by atoms with Gasteiger partial charge in [-0.2, -0.15) is 13.2 Å². The molecule has 0 radical (unpaired) electrons. The molecule has 1 aromatic carbocycles. The first kappa shape index (κ1) is 17.8. The molecule has 3 nitrogen and oxygen atoms in total. The van der Waals surface area contributed by atoms with E-state index in [4.69, 9.17) is 5.73 Å². The smallest absolute Gasteiger partial charge is 0.395 e. The van der Waals surface area contributed by atoms with Gasteiger partial charge in [-0.1, -0.05) is 13.8 Å². The van der Waals surface area contributed by atoms with Crippen molar-refractivity contribution < 1.29 is 18.3 Å². The standard InChI is InChI=1S/C15H23F3N2O/c1-3-12(4-2)20(7-8-21)13-5-6-14(15(16,17)18)11(9-13)10-19/h5-6,9,12,21H,3-4,7-8,10,19H2,1-2H3. The first-order valence-electron chi connectivity index (χ1n) is 7.16. The van der Waals surface area contributed by atoms with Crippen molar-refractivity contribution in [2.24, 2.45) is 5.73 Å². The molecule has 0 saturated heterocycles. The molecule has 0 bridgehead atoms. The Morgan fingerprint density at radius 3 is 2.29 bits per heavy atom. The van der Waals surface area contributed by atoms with Gasteiger partial charge in [-0.05, 0) is 36.6 Å². The highest BCUT2D eigenvalue weighted by molar-refractivity contribution is 5.52. The lowest BCUT2D eigenvalue weighted by Gasteiger charge is -2.33. The molecule has 0 aliphatic heterocycles. The third-order valence-electron chi connectivity index (χ3n) is 3.67. The summed E-state index contributed by atoms with van der Waals surface area (Å²) in [7, 11) is 0. The van der Waals surface area contributed by atoms with Crippen LogP contribution in [0.2, 0.25) is 0 Å². The summed E-state index contributed by atoms with van der Waals surface area (Å²) in [6.07, 6.45) is -2.69. The minimum absolute atomic E-state index is 0.0462. The van der Waals surface area contributed by atoms with Crippen LogP contribution in [-0.4, -0.2) is 24.3 Å². The fourth-order valence-corrected chi connectivity index (χ4v) is 2.56. The highest BCUT2D eigenvalue weighted by Crippen LogP contribution is 2.34. The molecule has 0 amide bonds. The Labute approximate surface area is 123 Å². The molecule has 0 aromatic heterocycles. The highest BCUT2D eigenvalue weighted by atomic mass is 19.4. The van der Waals surface area contributed by atoms with Gasteiger partial charge in [-0.3, -0.25) is 0 Å². The molecule has 6 heteroatoms. The minimum Gasteiger partial charge on any atom is -0.395 e. The van der Waals surface area contributed by atoms with E-state index in [-0.39, 0.29) is 24.8 Å². The Morgan fingerprint density at radius 2 is 1.86 bits per heavy atom. The number of halogens is 3. The molecular weight excluding hydrogens is 281 g/mol. The topological polar surface area (TPSA) is 49.5 Å². The van der Waals surface area contributed by atoms with Crippen molar-refractivity contribution in [3.05, 3.63) is 29.3 Å². The van der Waals surface area contributed by atoms with E-state index in [1.54, 1.807) is 0 Å². The summed E-state index contributed by atoms with van der Waals surface area (Å²) in [6, 6.07) is 4.19. The zero-order valence-electron chi connectivity index (χ0n) is 12.5. The van der Waals surface area contributed by atoms with Crippen LogP contribution in [0.3, 0.4) is 0 Å². The van der Waals surface area contributed by atoms with Crippen LogP contribution in [0, 0.1) is 0 Å². The number of rotatable bonds is 7. The summed E-state index contributed by atoms with van der Waals surface area (Å²) in [5, 5.41) is 9.20. The number of aliphatic hydroxyl groups excluding tert-OH is 1. The monoisotopic (exact) mass is 304 g/mol. The van der Waals surface area contributed by atoms with E-state index in [1.807, 2.05) is 18.7 Å². The van der Waals surface area contributed by atoms with Gasteiger partial charge in [0.2, 0.25) is 0 Å². The van der Waals surface area contributed by atoms with E-state index in [0.29, 0.717) is 12.2 Å². The third-order valence-corrected chi connectivity index (χ3v) is 3.67. The number of anilines is 1. The van der Waals surface area contributed by atoms with Gasteiger partial charge in [0.25, 0.3) is 0 Å². The van der Waals surface area contributed by atoms with Crippen LogP contribution < -0.4 is 10.6 Å².